The fourth-order valence-corrected chi connectivity index (χ4v) is 1.51. The van der Waals surface area contributed by atoms with Crippen molar-refractivity contribution in [3.05, 3.63) is 0 Å². The maximum absolute atomic E-state index is 10.9. The first-order valence-corrected chi connectivity index (χ1v) is 6.40. The molecule has 4 heteroatoms. The van der Waals surface area contributed by atoms with Crippen LogP contribution in [-0.2, 0) is 14.6 Å². The zero-order chi connectivity index (χ0) is 13.3. The maximum Gasteiger partial charge on any atom is 0.306 e. The molecule has 4 nitrogen and oxygen atoms in total. The molecule has 102 valence electrons. The highest BCUT2D eigenvalue weighted by atomic mass is 17.2. The quantitative estimate of drug-likeness (QED) is 0.385. The first kappa shape index (κ1) is 16.4. The molecule has 0 saturated heterocycles. The van der Waals surface area contributed by atoms with E-state index in [0.717, 1.165) is 32.1 Å². The molecule has 0 heterocycles. The van der Waals surface area contributed by atoms with Crippen molar-refractivity contribution in [2.45, 2.75) is 65.4 Å². The first-order chi connectivity index (χ1) is 7.87. The van der Waals surface area contributed by atoms with E-state index in [1.165, 1.54) is 0 Å². The van der Waals surface area contributed by atoms with E-state index in [1.54, 1.807) is 0 Å². The zero-order valence-corrected chi connectivity index (χ0v) is 11.5. The summed E-state index contributed by atoms with van der Waals surface area (Å²) < 4.78 is 0. The molecule has 17 heavy (non-hydrogen) atoms. The topological polar surface area (TPSA) is 55.8 Å². The van der Waals surface area contributed by atoms with Gasteiger partial charge >= 0.3 is 5.97 Å². The molecule has 1 atom stereocenters. The number of hydrogen-bond acceptors (Lipinski definition) is 3. The largest absolute Gasteiger partial charge is 0.481 e. The average Bonchev–Trinajstić information content (AvgIpc) is 2.19. The van der Waals surface area contributed by atoms with Gasteiger partial charge in [-0.25, -0.2) is 9.78 Å². The molecular formula is C13H26O4. The van der Waals surface area contributed by atoms with Gasteiger partial charge in [0.05, 0.1) is 18.1 Å². The van der Waals surface area contributed by atoms with Crippen LogP contribution in [0.25, 0.3) is 0 Å². The Morgan fingerprint density at radius 1 is 1.24 bits per heavy atom. The third-order valence-electron chi connectivity index (χ3n) is 2.33. The minimum atomic E-state index is -0.682. The van der Waals surface area contributed by atoms with Crippen molar-refractivity contribution >= 4 is 5.97 Å². The number of carboxylic acid groups (broad SMARTS) is 1. The zero-order valence-electron chi connectivity index (χ0n) is 11.5. The summed E-state index contributed by atoms with van der Waals surface area (Å²) in [7, 11) is 0. The molecule has 0 aromatic heterocycles. The number of unbranched alkanes of at least 4 members (excludes halogenated alkanes) is 1. The van der Waals surface area contributed by atoms with Gasteiger partial charge in [0.2, 0.25) is 0 Å². The van der Waals surface area contributed by atoms with E-state index >= 15 is 0 Å². The van der Waals surface area contributed by atoms with Gasteiger partial charge in [0.1, 0.15) is 0 Å². The lowest BCUT2D eigenvalue weighted by molar-refractivity contribution is -0.348. The van der Waals surface area contributed by atoms with E-state index in [2.05, 4.69) is 0 Å². The predicted octanol–water partition coefficient (Wildman–Crippen LogP) is 3.40. The summed E-state index contributed by atoms with van der Waals surface area (Å²) in [6, 6.07) is 0. The Labute approximate surface area is 104 Å². The van der Waals surface area contributed by atoms with Crippen LogP contribution in [0.4, 0.5) is 0 Å². The third-order valence-corrected chi connectivity index (χ3v) is 2.33. The summed E-state index contributed by atoms with van der Waals surface area (Å²) in [5.41, 5.74) is -0.286. The third kappa shape index (κ3) is 10.3. The van der Waals surface area contributed by atoms with Crippen LogP contribution < -0.4 is 0 Å². The van der Waals surface area contributed by atoms with Crippen molar-refractivity contribution in [2.24, 2.45) is 5.92 Å². The minimum absolute atomic E-state index is 0.205. The normalized spacial score (nSPS) is 13.6. The monoisotopic (exact) mass is 246 g/mol. The molecule has 0 bridgehead atoms. The Bertz CT molecular complexity index is 208. The molecule has 0 amide bonds. The second-order valence-corrected chi connectivity index (χ2v) is 5.34. The van der Waals surface area contributed by atoms with E-state index in [0.29, 0.717) is 6.61 Å². The average molecular weight is 246 g/mol. The summed E-state index contributed by atoms with van der Waals surface area (Å²) in [6.45, 7) is 8.31. The van der Waals surface area contributed by atoms with Gasteiger partial charge in [0, 0.05) is 0 Å². The van der Waals surface area contributed by atoms with Gasteiger partial charge in [-0.05, 0) is 40.0 Å². The summed E-state index contributed by atoms with van der Waals surface area (Å²) in [5.74, 6) is -0.887. The van der Waals surface area contributed by atoms with E-state index in [-0.39, 0.29) is 11.5 Å². The standard InChI is InChI=1S/C13H26O4/c1-5-8-11(12(14)15)9-6-7-10-16-17-13(2,3)4/h11H,5-10H2,1-4H3,(H,14,15). The van der Waals surface area contributed by atoms with Crippen molar-refractivity contribution < 1.29 is 19.7 Å². The van der Waals surface area contributed by atoms with E-state index in [1.807, 2.05) is 27.7 Å². The summed E-state index contributed by atoms with van der Waals surface area (Å²) in [6.07, 6.45) is 4.10. The van der Waals surface area contributed by atoms with Gasteiger partial charge in [-0.1, -0.05) is 19.8 Å². The molecule has 0 radical (unpaired) electrons. The van der Waals surface area contributed by atoms with Crippen LogP contribution in [-0.4, -0.2) is 23.3 Å². The smallest absolute Gasteiger partial charge is 0.306 e. The lowest BCUT2D eigenvalue weighted by atomic mass is 9.97. The maximum atomic E-state index is 10.9. The molecule has 0 aliphatic carbocycles. The number of rotatable bonds is 9. The molecule has 0 rings (SSSR count). The number of aliphatic carboxylic acids is 1. The Balaban J connectivity index is 3.52. The van der Waals surface area contributed by atoms with Gasteiger partial charge in [0.15, 0.2) is 0 Å². The summed E-state index contributed by atoms with van der Waals surface area (Å²) in [5, 5.41) is 8.96. The van der Waals surface area contributed by atoms with Crippen molar-refractivity contribution in [1.82, 2.24) is 0 Å². The van der Waals surface area contributed by atoms with Crippen LogP contribution in [0, 0.1) is 5.92 Å². The summed E-state index contributed by atoms with van der Waals surface area (Å²) in [4.78, 5) is 21.1. The van der Waals surface area contributed by atoms with Crippen LogP contribution in [0.2, 0.25) is 0 Å². The molecule has 0 aliphatic rings. The van der Waals surface area contributed by atoms with Crippen molar-refractivity contribution in [2.75, 3.05) is 6.61 Å². The number of hydrogen-bond donors (Lipinski definition) is 1. The fraction of sp³-hybridized carbons (Fsp3) is 0.923. The molecule has 1 N–H and O–H groups in total. The van der Waals surface area contributed by atoms with Gasteiger partial charge in [-0.3, -0.25) is 4.79 Å². The highest BCUT2D eigenvalue weighted by molar-refractivity contribution is 5.69. The predicted molar refractivity (Wildman–Crippen MR) is 66.7 cm³/mol. The van der Waals surface area contributed by atoms with Gasteiger partial charge in [0.25, 0.3) is 0 Å². The van der Waals surface area contributed by atoms with Gasteiger partial charge in [-0.15, -0.1) is 0 Å². The van der Waals surface area contributed by atoms with E-state index in [9.17, 15) is 4.79 Å². The highest BCUT2D eigenvalue weighted by Gasteiger charge is 2.15. The number of carbonyl (C=O) groups is 1. The van der Waals surface area contributed by atoms with Crippen LogP contribution in [0.3, 0.4) is 0 Å². The highest BCUT2D eigenvalue weighted by Crippen LogP contribution is 2.15. The van der Waals surface area contributed by atoms with Gasteiger partial charge in [-0.2, -0.15) is 0 Å². The SMILES string of the molecule is CCCC(CCCCOOC(C)(C)C)C(=O)O. The molecule has 0 aliphatic heterocycles. The van der Waals surface area contributed by atoms with Crippen LogP contribution in [0.15, 0.2) is 0 Å². The molecular weight excluding hydrogens is 220 g/mol. The summed E-state index contributed by atoms with van der Waals surface area (Å²) >= 11 is 0. The molecule has 0 aromatic rings. The van der Waals surface area contributed by atoms with E-state index < -0.39 is 5.97 Å². The Hall–Kier alpha value is -0.610. The molecule has 1 unspecified atom stereocenters. The second-order valence-electron chi connectivity index (χ2n) is 5.34. The van der Waals surface area contributed by atoms with Crippen LogP contribution in [0.1, 0.15) is 59.8 Å². The van der Waals surface area contributed by atoms with Crippen LogP contribution in [0.5, 0.6) is 0 Å². The molecule has 0 fully saturated rings. The molecule has 0 aromatic carbocycles. The lowest BCUT2D eigenvalue weighted by Crippen LogP contribution is -2.19. The van der Waals surface area contributed by atoms with Gasteiger partial charge < -0.3 is 5.11 Å². The van der Waals surface area contributed by atoms with Crippen molar-refractivity contribution in [3.63, 3.8) is 0 Å². The second kappa shape index (κ2) is 8.48. The fourth-order valence-electron chi connectivity index (χ4n) is 1.51. The Morgan fingerprint density at radius 2 is 1.88 bits per heavy atom. The first-order valence-electron chi connectivity index (χ1n) is 6.40. The van der Waals surface area contributed by atoms with E-state index in [4.69, 9.17) is 14.9 Å². The molecule has 0 spiro atoms. The van der Waals surface area contributed by atoms with Crippen molar-refractivity contribution in [3.8, 4) is 0 Å². The Morgan fingerprint density at radius 3 is 2.35 bits per heavy atom. The lowest BCUT2D eigenvalue weighted by Gasteiger charge is -2.17. The Kier molecular flexibility index (Phi) is 8.17. The number of carboxylic acids is 1. The molecule has 0 saturated carbocycles. The minimum Gasteiger partial charge on any atom is -0.481 e. The van der Waals surface area contributed by atoms with Crippen LogP contribution >= 0.6 is 0 Å². The van der Waals surface area contributed by atoms with Crippen molar-refractivity contribution in [1.29, 1.82) is 0 Å².